The number of aryl methyl sites for hydroxylation is 1. The van der Waals surface area contributed by atoms with Crippen LogP contribution >= 0.6 is 0 Å². The Balaban J connectivity index is 2.48. The molecular formula is C14H17N3O3. The van der Waals surface area contributed by atoms with Crippen molar-refractivity contribution in [2.45, 2.75) is 26.7 Å². The van der Waals surface area contributed by atoms with E-state index in [1.54, 1.807) is 18.3 Å². The monoisotopic (exact) mass is 275 g/mol. The van der Waals surface area contributed by atoms with E-state index in [1.165, 1.54) is 4.40 Å². The topological polar surface area (TPSA) is 83.7 Å². The summed E-state index contributed by atoms with van der Waals surface area (Å²) >= 11 is 0. The maximum Gasteiger partial charge on any atom is 0.274 e. The largest absolute Gasteiger partial charge is 0.493 e. The third kappa shape index (κ3) is 2.64. The second-order valence-electron chi connectivity index (χ2n) is 4.66. The maximum absolute atomic E-state index is 12.3. The molecule has 0 saturated carbocycles. The molecule has 2 heterocycles. The molecule has 2 rings (SSSR count). The van der Waals surface area contributed by atoms with Gasteiger partial charge in [-0.3, -0.25) is 14.0 Å². The van der Waals surface area contributed by atoms with Gasteiger partial charge in [0.1, 0.15) is 5.65 Å². The third-order valence-corrected chi connectivity index (χ3v) is 2.99. The number of carbonyl (C=O) groups excluding carboxylic acids is 1. The van der Waals surface area contributed by atoms with Crippen molar-refractivity contribution in [2.75, 3.05) is 6.54 Å². The number of nitrogens with zero attached hydrogens (tertiary/aromatic N) is 2. The Kier molecular flexibility index (Phi) is 4.02. The Morgan fingerprint density at radius 1 is 1.45 bits per heavy atom. The van der Waals surface area contributed by atoms with E-state index < -0.39 is 17.3 Å². The molecule has 2 aromatic heterocycles. The van der Waals surface area contributed by atoms with Crippen LogP contribution in [0.3, 0.4) is 0 Å². The van der Waals surface area contributed by atoms with Crippen LogP contribution in [-0.2, 0) is 0 Å². The number of hydrogen-bond donors (Lipinski definition) is 2. The van der Waals surface area contributed by atoms with Gasteiger partial charge in [0.15, 0.2) is 5.56 Å². The van der Waals surface area contributed by atoms with Crippen molar-refractivity contribution in [3.8, 4) is 5.88 Å². The molecule has 6 heteroatoms. The molecule has 6 nitrogen and oxygen atoms in total. The summed E-state index contributed by atoms with van der Waals surface area (Å²) in [6, 6.07) is 3.40. The first-order chi connectivity index (χ1) is 9.54. The Morgan fingerprint density at radius 3 is 2.90 bits per heavy atom. The zero-order valence-electron chi connectivity index (χ0n) is 11.5. The van der Waals surface area contributed by atoms with Gasteiger partial charge >= 0.3 is 0 Å². The van der Waals surface area contributed by atoms with Crippen molar-refractivity contribution >= 4 is 11.6 Å². The molecule has 0 spiro atoms. The molecule has 0 atom stereocenters. The molecule has 106 valence electrons. The summed E-state index contributed by atoms with van der Waals surface area (Å²) in [6.07, 6.45) is 3.33. The molecule has 2 N–H and O–H groups in total. The highest BCUT2D eigenvalue weighted by molar-refractivity contribution is 5.96. The lowest BCUT2D eigenvalue weighted by Crippen LogP contribution is -2.32. The zero-order valence-corrected chi connectivity index (χ0v) is 11.5. The van der Waals surface area contributed by atoms with Crippen LogP contribution in [-0.4, -0.2) is 26.9 Å². The Bertz CT molecular complexity index is 707. The fraction of sp³-hybridized carbons (Fsp3) is 0.357. The normalized spacial score (nSPS) is 10.7. The Hall–Kier alpha value is -2.37. The Labute approximate surface area is 116 Å². The zero-order chi connectivity index (χ0) is 14.7. The van der Waals surface area contributed by atoms with Crippen LogP contribution in [0.2, 0.25) is 0 Å². The van der Waals surface area contributed by atoms with Gasteiger partial charge < -0.3 is 10.4 Å². The minimum absolute atomic E-state index is 0.309. The van der Waals surface area contributed by atoms with Crippen LogP contribution in [0.5, 0.6) is 5.88 Å². The molecule has 1 amide bonds. The number of fused-ring (bicyclic) bond motifs is 1. The standard InChI is InChI=1S/C14H17N3O3/c1-3-4-7-15-12(18)11-13(19)16-10-6-5-9(2)8-17(10)14(11)20/h5-6,8,19H,3-4,7H2,1-2H3,(H,15,18). The summed E-state index contributed by atoms with van der Waals surface area (Å²) in [6.45, 7) is 4.29. The molecular weight excluding hydrogens is 258 g/mol. The molecule has 0 fully saturated rings. The predicted octanol–water partition coefficient (Wildman–Crippen LogP) is 1.24. The van der Waals surface area contributed by atoms with Crippen molar-refractivity contribution in [1.29, 1.82) is 0 Å². The number of carbonyl (C=O) groups is 1. The smallest absolute Gasteiger partial charge is 0.274 e. The molecule has 0 radical (unpaired) electrons. The van der Waals surface area contributed by atoms with E-state index in [9.17, 15) is 14.7 Å². The molecule has 0 aliphatic carbocycles. The van der Waals surface area contributed by atoms with Crippen LogP contribution in [0.25, 0.3) is 5.65 Å². The minimum Gasteiger partial charge on any atom is -0.493 e. The van der Waals surface area contributed by atoms with Gasteiger partial charge in [0.25, 0.3) is 11.5 Å². The molecule has 0 aromatic carbocycles. The molecule has 2 aromatic rings. The highest BCUT2D eigenvalue weighted by atomic mass is 16.3. The summed E-state index contributed by atoms with van der Waals surface area (Å²) in [5.74, 6) is -1.13. The summed E-state index contributed by atoms with van der Waals surface area (Å²) in [5.41, 5.74) is 0.294. The minimum atomic E-state index is -0.593. The summed E-state index contributed by atoms with van der Waals surface area (Å²) < 4.78 is 1.27. The van der Waals surface area contributed by atoms with Gasteiger partial charge in [-0.25, -0.2) is 0 Å². The molecule has 0 aliphatic rings. The van der Waals surface area contributed by atoms with Crippen molar-refractivity contribution in [1.82, 2.24) is 14.7 Å². The van der Waals surface area contributed by atoms with Gasteiger partial charge in [-0.2, -0.15) is 4.98 Å². The first kappa shape index (κ1) is 14.0. The van der Waals surface area contributed by atoms with Crippen molar-refractivity contribution in [3.63, 3.8) is 0 Å². The van der Waals surface area contributed by atoms with Gasteiger partial charge in [0.2, 0.25) is 5.88 Å². The van der Waals surface area contributed by atoms with Crippen LogP contribution in [0.4, 0.5) is 0 Å². The fourth-order valence-electron chi connectivity index (χ4n) is 1.90. The van der Waals surface area contributed by atoms with Crippen LogP contribution in [0, 0.1) is 6.92 Å². The van der Waals surface area contributed by atoms with Gasteiger partial charge in [-0.15, -0.1) is 0 Å². The van der Waals surface area contributed by atoms with E-state index in [2.05, 4.69) is 10.3 Å². The number of unbranched alkanes of at least 4 members (excludes halogenated alkanes) is 1. The maximum atomic E-state index is 12.3. The van der Waals surface area contributed by atoms with E-state index in [1.807, 2.05) is 13.8 Å². The van der Waals surface area contributed by atoms with Crippen LogP contribution in [0.15, 0.2) is 23.1 Å². The summed E-state index contributed by atoms with van der Waals surface area (Å²) in [7, 11) is 0. The number of hydrogen-bond acceptors (Lipinski definition) is 4. The fourth-order valence-corrected chi connectivity index (χ4v) is 1.90. The van der Waals surface area contributed by atoms with E-state index in [-0.39, 0.29) is 5.56 Å². The van der Waals surface area contributed by atoms with Crippen LogP contribution < -0.4 is 10.9 Å². The summed E-state index contributed by atoms with van der Waals surface area (Å²) in [5, 5.41) is 12.4. The van der Waals surface area contributed by atoms with Gasteiger partial charge in [-0.05, 0) is 25.0 Å². The number of aromatic hydroxyl groups is 1. The van der Waals surface area contributed by atoms with E-state index >= 15 is 0 Å². The van der Waals surface area contributed by atoms with Crippen molar-refractivity contribution in [3.05, 3.63) is 39.8 Å². The highest BCUT2D eigenvalue weighted by Gasteiger charge is 2.19. The first-order valence-electron chi connectivity index (χ1n) is 6.54. The first-order valence-corrected chi connectivity index (χ1v) is 6.54. The molecule has 0 bridgehead atoms. The number of pyridine rings is 1. The van der Waals surface area contributed by atoms with Crippen LogP contribution in [0.1, 0.15) is 35.7 Å². The summed E-state index contributed by atoms with van der Waals surface area (Å²) in [4.78, 5) is 28.1. The van der Waals surface area contributed by atoms with Gasteiger partial charge in [0, 0.05) is 12.7 Å². The number of nitrogens with one attached hydrogen (secondary N) is 1. The van der Waals surface area contributed by atoms with E-state index in [0.29, 0.717) is 12.2 Å². The molecule has 20 heavy (non-hydrogen) atoms. The van der Waals surface area contributed by atoms with E-state index in [4.69, 9.17) is 0 Å². The average molecular weight is 275 g/mol. The Morgan fingerprint density at radius 2 is 2.20 bits per heavy atom. The van der Waals surface area contributed by atoms with Crippen molar-refractivity contribution in [2.24, 2.45) is 0 Å². The highest BCUT2D eigenvalue weighted by Crippen LogP contribution is 2.11. The predicted molar refractivity (Wildman–Crippen MR) is 75.1 cm³/mol. The quantitative estimate of drug-likeness (QED) is 0.822. The van der Waals surface area contributed by atoms with Gasteiger partial charge in [0.05, 0.1) is 0 Å². The average Bonchev–Trinajstić information content (AvgIpc) is 2.40. The second kappa shape index (κ2) is 5.73. The third-order valence-electron chi connectivity index (χ3n) is 2.99. The second-order valence-corrected chi connectivity index (χ2v) is 4.66. The lowest BCUT2D eigenvalue weighted by atomic mass is 10.2. The number of aromatic nitrogens is 2. The van der Waals surface area contributed by atoms with E-state index in [0.717, 1.165) is 18.4 Å². The lowest BCUT2D eigenvalue weighted by molar-refractivity contribution is 0.0948. The molecule has 0 unspecified atom stereocenters. The van der Waals surface area contributed by atoms with Gasteiger partial charge in [-0.1, -0.05) is 19.4 Å². The lowest BCUT2D eigenvalue weighted by Gasteiger charge is -2.08. The molecule has 0 aliphatic heterocycles. The van der Waals surface area contributed by atoms with Crippen molar-refractivity contribution < 1.29 is 9.90 Å². The number of rotatable bonds is 4. The number of amides is 1. The SMILES string of the molecule is CCCCNC(=O)c1c(O)nc2ccc(C)cn2c1=O. The molecule has 0 saturated heterocycles.